The van der Waals surface area contributed by atoms with Crippen LogP contribution in [0.4, 0.5) is 0 Å². The molecule has 4 aliphatic carbocycles. The molecule has 4 aliphatic rings. The number of aliphatic hydroxyl groups excluding tert-OH is 2. The van der Waals surface area contributed by atoms with E-state index in [0.717, 1.165) is 43.4 Å². The first kappa shape index (κ1) is 22.5. The summed E-state index contributed by atoms with van der Waals surface area (Å²) < 4.78 is 0. The first-order chi connectivity index (χ1) is 14.2. The van der Waals surface area contributed by atoms with Gasteiger partial charge in [-0.25, -0.2) is 0 Å². The first-order valence-electron chi connectivity index (χ1n) is 12.7. The van der Waals surface area contributed by atoms with Gasteiger partial charge in [-0.15, -0.1) is 0 Å². The highest BCUT2D eigenvalue weighted by Crippen LogP contribution is 2.67. The van der Waals surface area contributed by atoms with Gasteiger partial charge in [-0.2, -0.15) is 0 Å². The van der Waals surface area contributed by atoms with Crippen LogP contribution >= 0.6 is 0 Å². The molecular weight excluding hydrogens is 372 g/mol. The van der Waals surface area contributed by atoms with Gasteiger partial charge in [0.05, 0.1) is 6.10 Å². The van der Waals surface area contributed by atoms with E-state index in [9.17, 15) is 15.0 Å². The fourth-order valence-electron chi connectivity index (χ4n) is 8.44. The summed E-state index contributed by atoms with van der Waals surface area (Å²) in [6.45, 7) is 9.41. The maximum absolute atomic E-state index is 13.0. The standard InChI is InChI=1S/C27H44O3/c1-17(16-28)5-10-25(30)18(2)22-8-9-23-21-7-6-19-15-20(29)11-13-26(19,3)24(21)12-14-27(22,23)4/h6,17-18,20-24,28-29H,5,7-16H2,1-4H3/t17?,18?,20-,21-,22+,23-,24-,26-,27+/m0/s1. The van der Waals surface area contributed by atoms with Gasteiger partial charge >= 0.3 is 0 Å². The molecule has 9 atom stereocenters. The van der Waals surface area contributed by atoms with Gasteiger partial charge < -0.3 is 10.2 Å². The molecule has 0 aromatic carbocycles. The SMILES string of the molecule is CC(CO)CCC(=O)C(C)[C@H]1CC[C@H]2[C@@H]3CC=C4C[C@@H](O)CC[C@]4(C)[C@H]3CC[C@]12C. The number of hydrogen-bond donors (Lipinski definition) is 2. The third-order valence-electron chi connectivity index (χ3n) is 10.5. The van der Waals surface area contributed by atoms with Crippen molar-refractivity contribution in [3.05, 3.63) is 11.6 Å². The molecule has 0 spiro atoms. The molecule has 0 radical (unpaired) electrons. The van der Waals surface area contributed by atoms with Crippen LogP contribution in [0.1, 0.15) is 91.9 Å². The summed E-state index contributed by atoms with van der Waals surface area (Å²) in [5.74, 6) is 3.58. The average Bonchev–Trinajstić information content (AvgIpc) is 3.08. The lowest BCUT2D eigenvalue weighted by Crippen LogP contribution is -2.51. The maximum atomic E-state index is 13.0. The molecule has 2 N–H and O–H groups in total. The Kier molecular flexibility index (Phi) is 6.27. The van der Waals surface area contributed by atoms with Crippen molar-refractivity contribution < 1.29 is 15.0 Å². The number of aliphatic hydroxyl groups is 2. The molecule has 30 heavy (non-hydrogen) atoms. The van der Waals surface area contributed by atoms with Gasteiger partial charge in [0, 0.05) is 18.9 Å². The van der Waals surface area contributed by atoms with Crippen molar-refractivity contribution in [3.63, 3.8) is 0 Å². The third kappa shape index (κ3) is 3.62. The van der Waals surface area contributed by atoms with Gasteiger partial charge in [0.25, 0.3) is 0 Å². The monoisotopic (exact) mass is 416 g/mol. The molecule has 3 heteroatoms. The number of fused-ring (bicyclic) bond motifs is 5. The Morgan fingerprint density at radius 1 is 1.13 bits per heavy atom. The second kappa shape index (κ2) is 8.35. The zero-order valence-electron chi connectivity index (χ0n) is 19.7. The number of hydrogen-bond acceptors (Lipinski definition) is 3. The number of carbonyl (C=O) groups excluding carboxylic acids is 1. The maximum Gasteiger partial charge on any atom is 0.136 e. The molecule has 3 saturated carbocycles. The lowest BCUT2D eigenvalue weighted by molar-refractivity contribution is -0.127. The highest BCUT2D eigenvalue weighted by Gasteiger charge is 2.59. The molecule has 0 bridgehead atoms. The number of carbonyl (C=O) groups is 1. The Balaban J connectivity index is 1.49. The highest BCUT2D eigenvalue weighted by atomic mass is 16.3. The molecule has 3 nitrogen and oxygen atoms in total. The van der Waals surface area contributed by atoms with Gasteiger partial charge in [0.15, 0.2) is 0 Å². The smallest absolute Gasteiger partial charge is 0.136 e. The van der Waals surface area contributed by atoms with E-state index in [2.05, 4.69) is 26.8 Å². The summed E-state index contributed by atoms with van der Waals surface area (Å²) in [4.78, 5) is 13.0. The second-order valence-corrected chi connectivity index (χ2v) is 12.0. The van der Waals surface area contributed by atoms with Crippen LogP contribution in [-0.2, 0) is 4.79 Å². The fraction of sp³-hybridized carbons (Fsp3) is 0.889. The van der Waals surface area contributed by atoms with Crippen molar-refractivity contribution in [2.75, 3.05) is 6.61 Å². The summed E-state index contributed by atoms with van der Waals surface area (Å²) in [7, 11) is 0. The van der Waals surface area contributed by atoms with Crippen LogP contribution in [-0.4, -0.2) is 28.7 Å². The Morgan fingerprint density at radius 2 is 1.90 bits per heavy atom. The van der Waals surface area contributed by atoms with Gasteiger partial charge in [-0.05, 0) is 98.2 Å². The van der Waals surface area contributed by atoms with Crippen LogP contribution in [0.2, 0.25) is 0 Å². The van der Waals surface area contributed by atoms with E-state index in [4.69, 9.17) is 0 Å². The minimum Gasteiger partial charge on any atom is -0.396 e. The van der Waals surface area contributed by atoms with E-state index in [1.165, 1.54) is 32.1 Å². The Bertz CT molecular complexity index is 684. The topological polar surface area (TPSA) is 57.5 Å². The second-order valence-electron chi connectivity index (χ2n) is 12.0. The van der Waals surface area contributed by atoms with Crippen LogP contribution in [0, 0.1) is 46.3 Å². The van der Waals surface area contributed by atoms with Gasteiger partial charge in [-0.1, -0.05) is 39.3 Å². The van der Waals surface area contributed by atoms with Crippen molar-refractivity contribution in [2.24, 2.45) is 46.3 Å². The Labute approximate surface area is 183 Å². The zero-order valence-corrected chi connectivity index (χ0v) is 19.7. The largest absolute Gasteiger partial charge is 0.396 e. The molecule has 3 fully saturated rings. The van der Waals surface area contributed by atoms with Crippen molar-refractivity contribution in [3.8, 4) is 0 Å². The summed E-state index contributed by atoms with van der Waals surface area (Å²) in [5, 5.41) is 19.5. The number of allylic oxidation sites excluding steroid dienone is 1. The minimum atomic E-state index is -0.133. The molecule has 170 valence electrons. The molecule has 0 amide bonds. The van der Waals surface area contributed by atoms with E-state index >= 15 is 0 Å². The van der Waals surface area contributed by atoms with E-state index in [1.807, 2.05) is 6.92 Å². The molecule has 0 heterocycles. The van der Waals surface area contributed by atoms with Crippen LogP contribution in [0.15, 0.2) is 11.6 Å². The van der Waals surface area contributed by atoms with Crippen LogP contribution in [0.5, 0.6) is 0 Å². The van der Waals surface area contributed by atoms with Crippen molar-refractivity contribution in [1.29, 1.82) is 0 Å². The average molecular weight is 417 g/mol. The van der Waals surface area contributed by atoms with Crippen molar-refractivity contribution in [2.45, 2.75) is 98.0 Å². The van der Waals surface area contributed by atoms with Crippen LogP contribution in [0.25, 0.3) is 0 Å². The molecule has 4 rings (SSSR count). The molecule has 0 aromatic rings. The quantitative estimate of drug-likeness (QED) is 0.559. The molecular formula is C27H44O3. The Hall–Kier alpha value is -0.670. The number of rotatable bonds is 6. The van der Waals surface area contributed by atoms with E-state index < -0.39 is 0 Å². The summed E-state index contributed by atoms with van der Waals surface area (Å²) >= 11 is 0. The lowest BCUT2D eigenvalue weighted by atomic mass is 9.47. The first-order valence-corrected chi connectivity index (χ1v) is 12.7. The van der Waals surface area contributed by atoms with Crippen LogP contribution < -0.4 is 0 Å². The number of ketones is 1. The third-order valence-corrected chi connectivity index (χ3v) is 10.5. The zero-order chi connectivity index (χ0) is 21.7. The van der Waals surface area contributed by atoms with E-state index in [0.29, 0.717) is 29.0 Å². The summed E-state index contributed by atoms with van der Waals surface area (Å²) in [6, 6.07) is 0. The Morgan fingerprint density at radius 3 is 2.63 bits per heavy atom. The van der Waals surface area contributed by atoms with Gasteiger partial charge in [0.1, 0.15) is 5.78 Å². The van der Waals surface area contributed by atoms with Crippen LogP contribution in [0.3, 0.4) is 0 Å². The highest BCUT2D eigenvalue weighted by molar-refractivity contribution is 5.81. The van der Waals surface area contributed by atoms with Gasteiger partial charge in [-0.3, -0.25) is 4.79 Å². The predicted molar refractivity (Wildman–Crippen MR) is 121 cm³/mol. The van der Waals surface area contributed by atoms with E-state index in [1.54, 1.807) is 5.57 Å². The lowest BCUT2D eigenvalue weighted by Gasteiger charge is -2.58. The molecule has 0 aromatic heterocycles. The van der Waals surface area contributed by atoms with Crippen molar-refractivity contribution >= 4 is 5.78 Å². The molecule has 0 saturated heterocycles. The van der Waals surface area contributed by atoms with Crippen molar-refractivity contribution in [1.82, 2.24) is 0 Å². The fourth-order valence-corrected chi connectivity index (χ4v) is 8.44. The normalized spacial score (nSPS) is 45.0. The predicted octanol–water partition coefficient (Wildman–Crippen LogP) is 5.54. The minimum absolute atomic E-state index is 0.133. The van der Waals surface area contributed by atoms with E-state index in [-0.39, 0.29) is 24.5 Å². The summed E-state index contributed by atoms with van der Waals surface area (Å²) in [5.41, 5.74) is 2.14. The number of Topliss-reactive ketones (excluding diaryl/α,β-unsaturated/α-hetero) is 1. The molecule has 0 aliphatic heterocycles. The summed E-state index contributed by atoms with van der Waals surface area (Å²) in [6.07, 6.45) is 13.0. The van der Waals surface area contributed by atoms with Gasteiger partial charge in [0.2, 0.25) is 0 Å². The molecule has 2 unspecified atom stereocenters.